The summed E-state index contributed by atoms with van der Waals surface area (Å²) in [4.78, 5) is 26.5. The first kappa shape index (κ1) is 22.5. The fourth-order valence-corrected chi connectivity index (χ4v) is 5.33. The zero-order valence-electron chi connectivity index (χ0n) is 18.0. The van der Waals surface area contributed by atoms with Crippen molar-refractivity contribution in [3.05, 3.63) is 64.6 Å². The molecule has 2 amide bonds. The van der Waals surface area contributed by atoms with Crippen molar-refractivity contribution in [2.75, 3.05) is 5.32 Å². The Hall–Kier alpha value is -3.34. The molecule has 1 saturated heterocycles. The van der Waals surface area contributed by atoms with Gasteiger partial charge in [-0.3, -0.25) is 14.6 Å². The van der Waals surface area contributed by atoms with Crippen molar-refractivity contribution in [3.63, 3.8) is 0 Å². The predicted molar refractivity (Wildman–Crippen MR) is 110 cm³/mol. The minimum absolute atomic E-state index is 0.0159. The summed E-state index contributed by atoms with van der Waals surface area (Å²) < 4.78 is 58.3. The van der Waals surface area contributed by atoms with E-state index in [4.69, 9.17) is 0 Å². The highest BCUT2D eigenvalue weighted by Gasteiger charge is 2.56. The van der Waals surface area contributed by atoms with E-state index in [2.05, 4.69) is 9.73 Å². The summed E-state index contributed by atoms with van der Waals surface area (Å²) in [6.45, 7) is 1.24. The summed E-state index contributed by atoms with van der Waals surface area (Å²) in [6.07, 6.45) is -2.58. The average molecular weight is 479 g/mol. The molecule has 3 atom stereocenters. The largest absolute Gasteiger partial charge is 0.510 e. The number of aryl methyl sites for hydroxylation is 1. The molecule has 11 heteroatoms. The number of piperidine rings is 1. The topological polar surface area (TPSA) is 86.0 Å². The molecule has 1 aromatic carbocycles. The highest BCUT2D eigenvalue weighted by molar-refractivity contribution is 6.23. The van der Waals surface area contributed by atoms with Crippen LogP contribution in [0.2, 0.25) is 0 Å². The third kappa shape index (κ3) is 3.64. The summed E-state index contributed by atoms with van der Waals surface area (Å²) in [5.74, 6) is -4.48. The fraction of sp³-hybridized carbons (Fsp3) is 0.391. The maximum Gasteiger partial charge on any atom is 0.451 e. The standard InChI is InChI=1S/C23H21F4N3O4/c1-11-7-16(20(34-11)23(25,26)27)28-21(32)17-19(31)18-13-5-6-15(9-13)30(18)29(22(17)33)10-12-3-2-4-14(24)8-12/h2-4,7-8,13,15,18,31H,5-6,9-10H2,1H3,(H,28,32)/t13-,15+,18-/m0/s1. The maximum absolute atomic E-state index is 13.8. The van der Waals surface area contributed by atoms with E-state index >= 15 is 0 Å². The number of fused-ring (bicyclic) bond motifs is 5. The van der Waals surface area contributed by atoms with Crippen molar-refractivity contribution in [2.24, 2.45) is 5.92 Å². The van der Waals surface area contributed by atoms with E-state index in [-0.39, 0.29) is 24.3 Å². The first-order valence-corrected chi connectivity index (χ1v) is 10.8. The molecule has 0 unspecified atom stereocenters. The van der Waals surface area contributed by atoms with Gasteiger partial charge in [0.15, 0.2) is 0 Å². The van der Waals surface area contributed by atoms with Gasteiger partial charge in [-0.25, -0.2) is 9.40 Å². The highest BCUT2D eigenvalue weighted by atomic mass is 19.4. The van der Waals surface area contributed by atoms with Gasteiger partial charge in [0.05, 0.1) is 18.3 Å². The lowest BCUT2D eigenvalue weighted by molar-refractivity contribution is -0.161. The predicted octanol–water partition coefficient (Wildman–Crippen LogP) is 4.31. The highest BCUT2D eigenvalue weighted by Crippen LogP contribution is 2.48. The van der Waals surface area contributed by atoms with Crippen LogP contribution >= 0.6 is 0 Å². The normalized spacial score (nSPS) is 24.7. The lowest BCUT2D eigenvalue weighted by atomic mass is 9.92. The SMILES string of the molecule is Cc1cc(NC(=O)C2=C(O)[C@@H]3[C@H]4CC[C@H](C4)N3N(Cc3cccc(F)c3)C2=O)c(C(F)(F)F)o1. The van der Waals surface area contributed by atoms with E-state index in [1.54, 1.807) is 11.1 Å². The molecule has 1 aliphatic carbocycles. The average Bonchev–Trinajstić information content (AvgIpc) is 3.45. The van der Waals surface area contributed by atoms with Gasteiger partial charge >= 0.3 is 6.18 Å². The molecule has 2 aromatic rings. The molecule has 2 aliphatic heterocycles. The van der Waals surface area contributed by atoms with Gasteiger partial charge in [0.25, 0.3) is 11.8 Å². The van der Waals surface area contributed by atoms with E-state index in [1.165, 1.54) is 30.1 Å². The van der Waals surface area contributed by atoms with Crippen LogP contribution in [0.1, 0.15) is 36.3 Å². The second kappa shape index (κ2) is 7.86. The van der Waals surface area contributed by atoms with Gasteiger partial charge in [0.1, 0.15) is 22.9 Å². The number of hydrogen-bond acceptors (Lipinski definition) is 5. The first-order valence-electron chi connectivity index (χ1n) is 10.8. The lowest BCUT2D eigenvalue weighted by Gasteiger charge is -2.46. The van der Waals surface area contributed by atoms with Gasteiger partial charge in [0, 0.05) is 12.1 Å². The van der Waals surface area contributed by atoms with Crippen molar-refractivity contribution in [1.29, 1.82) is 0 Å². The Kier molecular flexibility index (Phi) is 5.19. The second-order valence-electron chi connectivity index (χ2n) is 8.86. The first-order chi connectivity index (χ1) is 16.0. The molecule has 0 radical (unpaired) electrons. The van der Waals surface area contributed by atoms with E-state index in [0.29, 0.717) is 12.0 Å². The molecule has 5 rings (SSSR count). The van der Waals surface area contributed by atoms with Crippen molar-refractivity contribution >= 4 is 17.5 Å². The minimum atomic E-state index is -4.87. The Morgan fingerprint density at radius 2 is 2.03 bits per heavy atom. The monoisotopic (exact) mass is 479 g/mol. The smallest absolute Gasteiger partial charge is 0.451 e. The molecule has 2 fully saturated rings. The summed E-state index contributed by atoms with van der Waals surface area (Å²) in [5, 5.41) is 16.1. The Bertz CT molecular complexity index is 1210. The summed E-state index contributed by atoms with van der Waals surface area (Å²) in [6, 6.07) is 5.96. The Labute approximate surface area is 191 Å². The Morgan fingerprint density at radius 3 is 2.74 bits per heavy atom. The zero-order chi connectivity index (χ0) is 24.4. The van der Waals surface area contributed by atoms with Crippen LogP contribution in [0.5, 0.6) is 0 Å². The third-order valence-electron chi connectivity index (χ3n) is 6.62. The van der Waals surface area contributed by atoms with Gasteiger partial charge in [-0.05, 0) is 49.8 Å². The zero-order valence-corrected chi connectivity index (χ0v) is 18.0. The summed E-state index contributed by atoms with van der Waals surface area (Å²) >= 11 is 0. The number of carbonyl (C=O) groups excluding carboxylic acids is 2. The van der Waals surface area contributed by atoms with E-state index in [0.717, 1.165) is 18.9 Å². The number of hydrazine groups is 1. The molecular formula is C23H21F4N3O4. The van der Waals surface area contributed by atoms with Gasteiger partial charge in [-0.15, -0.1) is 0 Å². The fourth-order valence-electron chi connectivity index (χ4n) is 5.33. The second-order valence-corrected chi connectivity index (χ2v) is 8.86. The number of amides is 2. The number of aliphatic hydroxyl groups is 1. The number of hydrogen-bond donors (Lipinski definition) is 2. The van der Waals surface area contributed by atoms with Crippen molar-refractivity contribution < 1.29 is 36.7 Å². The Morgan fingerprint density at radius 1 is 1.26 bits per heavy atom. The number of rotatable bonds is 4. The number of anilines is 1. The number of carbonyl (C=O) groups is 2. The van der Waals surface area contributed by atoms with Gasteiger partial charge in [-0.2, -0.15) is 13.2 Å². The molecule has 2 N–H and O–H groups in total. The quantitative estimate of drug-likeness (QED) is 0.504. The number of nitrogens with one attached hydrogen (secondary N) is 1. The van der Waals surface area contributed by atoms with Crippen molar-refractivity contribution in [2.45, 2.75) is 51.0 Å². The van der Waals surface area contributed by atoms with Crippen molar-refractivity contribution in [1.82, 2.24) is 10.0 Å². The van der Waals surface area contributed by atoms with Crippen LogP contribution in [0, 0.1) is 18.7 Å². The van der Waals surface area contributed by atoms with E-state index < -0.39 is 52.6 Å². The van der Waals surface area contributed by atoms with Crippen LogP contribution in [0.15, 0.2) is 46.1 Å². The maximum atomic E-state index is 13.8. The van der Waals surface area contributed by atoms with E-state index in [9.17, 15) is 32.3 Å². The van der Waals surface area contributed by atoms with Gasteiger partial charge in [0.2, 0.25) is 5.76 Å². The van der Waals surface area contributed by atoms with E-state index in [1.807, 2.05) is 0 Å². The summed E-state index contributed by atoms with van der Waals surface area (Å²) in [5.41, 5.74) is -0.798. The molecule has 180 valence electrons. The number of halogens is 4. The Balaban J connectivity index is 1.51. The van der Waals surface area contributed by atoms with Crippen LogP contribution in [0.25, 0.3) is 0 Å². The minimum Gasteiger partial charge on any atom is -0.510 e. The van der Waals surface area contributed by atoms with Crippen LogP contribution < -0.4 is 5.32 Å². The van der Waals surface area contributed by atoms with Crippen LogP contribution in [-0.4, -0.2) is 39.0 Å². The van der Waals surface area contributed by atoms with Crippen LogP contribution in [0.3, 0.4) is 0 Å². The number of nitrogens with zero attached hydrogens (tertiary/aromatic N) is 2. The number of aliphatic hydroxyl groups excluding tert-OH is 1. The molecule has 2 bridgehead atoms. The molecule has 0 spiro atoms. The van der Waals surface area contributed by atoms with Crippen LogP contribution in [-0.2, 0) is 22.3 Å². The number of furan rings is 1. The molecule has 1 saturated carbocycles. The molecule has 7 nitrogen and oxygen atoms in total. The number of alkyl halides is 3. The lowest BCUT2D eigenvalue weighted by Crippen LogP contribution is -2.59. The molecule has 3 aliphatic rings. The van der Waals surface area contributed by atoms with Gasteiger partial charge in [-0.1, -0.05) is 12.1 Å². The molecule has 3 heterocycles. The summed E-state index contributed by atoms with van der Waals surface area (Å²) in [7, 11) is 0. The number of benzene rings is 1. The molecule has 1 aromatic heterocycles. The van der Waals surface area contributed by atoms with Gasteiger partial charge < -0.3 is 14.8 Å². The van der Waals surface area contributed by atoms with Crippen LogP contribution in [0.4, 0.5) is 23.2 Å². The molecule has 34 heavy (non-hydrogen) atoms. The molecular weight excluding hydrogens is 458 g/mol. The third-order valence-corrected chi connectivity index (χ3v) is 6.62. The van der Waals surface area contributed by atoms with Crippen molar-refractivity contribution in [3.8, 4) is 0 Å².